The molecule has 96 heavy (non-hydrogen) atoms. The van der Waals surface area contributed by atoms with Crippen LogP contribution in [-0.4, -0.2) is 165 Å². The molecule has 2 saturated heterocycles. The van der Waals surface area contributed by atoms with E-state index in [1.165, 1.54) is 28.8 Å². The summed E-state index contributed by atoms with van der Waals surface area (Å²) in [5.41, 5.74) is -0.359. The minimum Gasteiger partial charge on any atom is -0.497 e. The fourth-order valence-corrected chi connectivity index (χ4v) is 14.9. The molecule has 0 radical (unpaired) electrons. The van der Waals surface area contributed by atoms with Crippen molar-refractivity contribution in [2.24, 2.45) is 16.7 Å². The minimum absolute atomic E-state index is 0.0862. The van der Waals surface area contributed by atoms with Gasteiger partial charge in [0.05, 0.1) is 34.5 Å². The average Bonchev–Trinajstić information content (AvgIpc) is 0.815. The highest BCUT2D eigenvalue weighted by molar-refractivity contribution is 7.44. The predicted molar refractivity (Wildman–Crippen MR) is 359 cm³/mol. The quantitative estimate of drug-likeness (QED) is 0.0243. The zero-order valence-electron chi connectivity index (χ0n) is 59.1. The molecule has 12 atom stereocenters. The van der Waals surface area contributed by atoms with Gasteiger partial charge < -0.3 is 66.1 Å². The van der Waals surface area contributed by atoms with Crippen molar-refractivity contribution in [2.75, 3.05) is 54.7 Å². The van der Waals surface area contributed by atoms with Gasteiger partial charge in [-0.05, 0) is 119 Å². The molecule has 3 heterocycles. The SMILES string of the molecule is CCC(C)(C)CC(C)(C)CCCCCCN(CCCCCOP(OC1C(OC)[C@H](n2ccc(=O)[nH]c2=O)O[C@@H]1COC(c1ccccc1)(c1ccc(OC)cc1)C1C=CC(OC)=CC1)N(C(C)C)C(C)C)C(=O)OC1OC(C(=O)OC)C(OC(C)=O)C(OC(C)=O)C1OC(C)=O. The Bertz CT molecular complexity index is 3150. The van der Waals surface area contributed by atoms with Gasteiger partial charge in [-0.2, -0.15) is 0 Å². The second-order valence-corrected chi connectivity index (χ2v) is 28.2. The number of rotatable bonds is 37. The van der Waals surface area contributed by atoms with Gasteiger partial charge in [0.2, 0.25) is 12.4 Å². The molecule has 0 saturated carbocycles. The first kappa shape index (κ1) is 78.5. The van der Waals surface area contributed by atoms with Crippen LogP contribution < -0.4 is 16.0 Å². The third kappa shape index (κ3) is 21.5. The number of allylic oxidation sites excluding steroid dienone is 2. The Labute approximate surface area is 567 Å². The van der Waals surface area contributed by atoms with Crippen LogP contribution in [-0.2, 0) is 81.2 Å². The van der Waals surface area contributed by atoms with E-state index >= 15 is 0 Å². The number of benzene rings is 2. The maximum Gasteiger partial charge on any atom is 0.412 e. The Hall–Kier alpha value is -6.50. The number of hydrogen-bond donors (Lipinski definition) is 1. The van der Waals surface area contributed by atoms with Gasteiger partial charge in [0, 0.05) is 71.2 Å². The third-order valence-electron chi connectivity index (χ3n) is 17.7. The minimum atomic E-state index is -1.95. The maximum atomic E-state index is 14.6. The number of aromatic nitrogens is 2. The first-order valence-corrected chi connectivity index (χ1v) is 34.6. The molecule has 1 amide bonds. The zero-order chi connectivity index (χ0) is 70.5. The smallest absolute Gasteiger partial charge is 0.412 e. The molecule has 1 aromatic heterocycles. The Morgan fingerprint density at radius 2 is 1.31 bits per heavy atom. The fourth-order valence-electron chi connectivity index (χ4n) is 13.1. The summed E-state index contributed by atoms with van der Waals surface area (Å²) in [4.78, 5) is 95.6. The van der Waals surface area contributed by atoms with Crippen LogP contribution in [0.15, 0.2) is 100 Å². The molecule has 1 N–H and O–H groups in total. The number of nitrogens with zero attached hydrogens (tertiary/aromatic N) is 3. The molecular formula is C71H105N4O20P. The van der Waals surface area contributed by atoms with Crippen molar-refractivity contribution < 1.29 is 85.1 Å². The molecular weight excluding hydrogens is 1260 g/mol. The van der Waals surface area contributed by atoms with Gasteiger partial charge in [0.15, 0.2) is 24.5 Å². The molecule has 25 heteroatoms. The van der Waals surface area contributed by atoms with E-state index in [1.54, 1.807) is 14.2 Å². The summed E-state index contributed by atoms with van der Waals surface area (Å²) in [6.07, 6.45) is 2.77. The van der Waals surface area contributed by atoms with Gasteiger partial charge in [0.25, 0.3) is 14.1 Å². The number of aromatic amines is 1. The van der Waals surface area contributed by atoms with Crippen molar-refractivity contribution in [2.45, 2.75) is 227 Å². The molecule has 2 aromatic carbocycles. The molecule has 6 rings (SSSR count). The highest BCUT2D eigenvalue weighted by atomic mass is 31.2. The van der Waals surface area contributed by atoms with Crippen molar-refractivity contribution in [3.05, 3.63) is 123 Å². The van der Waals surface area contributed by atoms with Gasteiger partial charge in [-0.1, -0.05) is 109 Å². The molecule has 0 bridgehead atoms. The summed E-state index contributed by atoms with van der Waals surface area (Å²) in [7, 11) is 3.89. The number of nitrogens with one attached hydrogen (secondary N) is 1. The standard InChI is InChI=1S/C71H105N4O20P/c1-17-69(9,10)45-70(11,12)39-24-18-19-25-40-73(68(82)94-66-63(91-50(8)78)60(90-49(7)77)59(89-48(6)76)62(93-66)65(80)86-16)41-26-21-27-43-88-96(75(46(2)3)47(4)5)95-58-56(92-64(61(58)85-15)74-42-38-57(79)72-67(74)81)44-87-71(51-28-22-20-23-29-51,52-30-34-54(83-13)35-31-52)53-32-36-55(84-14)37-33-53/h20,22-23,28-32,34-38,42,46-47,53,56,58-64,66H,17-19,21,24-27,33,39-41,43-45H2,1-16H3,(H,72,79,81)/t53?,56-,58?,59?,60?,61?,62?,63?,64-,66?,71?,96?/m1/s1. The summed E-state index contributed by atoms with van der Waals surface area (Å²) in [6.45, 7) is 23.5. The van der Waals surface area contributed by atoms with Crippen LogP contribution in [0.2, 0.25) is 0 Å². The lowest BCUT2D eigenvalue weighted by Gasteiger charge is -2.43. The van der Waals surface area contributed by atoms with Crippen molar-refractivity contribution in [3.63, 3.8) is 0 Å². The molecule has 534 valence electrons. The van der Waals surface area contributed by atoms with E-state index in [0.717, 1.165) is 83.3 Å². The second kappa shape index (κ2) is 36.9. The Kier molecular flexibility index (Phi) is 30.2. The number of methoxy groups -OCH3 is 4. The maximum absolute atomic E-state index is 14.6. The molecule has 24 nitrogen and oxygen atoms in total. The highest BCUT2D eigenvalue weighted by Crippen LogP contribution is 2.52. The Morgan fingerprint density at radius 3 is 1.88 bits per heavy atom. The number of hydrogen-bond acceptors (Lipinski definition) is 21. The van der Waals surface area contributed by atoms with Crippen LogP contribution >= 0.6 is 8.53 Å². The van der Waals surface area contributed by atoms with E-state index < -0.39 is 111 Å². The third-order valence-corrected chi connectivity index (χ3v) is 19.8. The number of amides is 1. The normalized spacial score (nSPS) is 23.0. The van der Waals surface area contributed by atoms with Gasteiger partial charge >= 0.3 is 35.7 Å². The van der Waals surface area contributed by atoms with Crippen LogP contribution in [0.25, 0.3) is 0 Å². The van der Waals surface area contributed by atoms with Crippen LogP contribution in [0, 0.1) is 16.7 Å². The Balaban J connectivity index is 1.27. The van der Waals surface area contributed by atoms with Crippen LogP contribution in [0.3, 0.4) is 0 Å². The van der Waals surface area contributed by atoms with Gasteiger partial charge in [-0.3, -0.25) is 28.7 Å². The second-order valence-electron chi connectivity index (χ2n) is 26.8. The molecule has 3 aliphatic rings. The van der Waals surface area contributed by atoms with Crippen LogP contribution in [0.5, 0.6) is 5.75 Å². The van der Waals surface area contributed by atoms with Crippen molar-refractivity contribution in [3.8, 4) is 5.75 Å². The number of unbranched alkanes of at least 4 members (excludes halogenated alkanes) is 5. The predicted octanol–water partition coefficient (Wildman–Crippen LogP) is 11.4. The number of ether oxygens (including phenoxy) is 11. The van der Waals surface area contributed by atoms with E-state index in [-0.39, 0.29) is 55.1 Å². The molecule has 2 aliphatic heterocycles. The molecule has 0 spiro atoms. The molecule has 1 aliphatic carbocycles. The number of esters is 4. The number of carbonyl (C=O) groups excluding carboxylic acids is 5. The van der Waals surface area contributed by atoms with Crippen LogP contribution in [0.4, 0.5) is 4.79 Å². The van der Waals surface area contributed by atoms with Gasteiger partial charge in [-0.25, -0.2) is 19.1 Å². The fraction of sp³-hybridized carbons (Fsp3) is 0.648. The molecule has 10 unspecified atom stereocenters. The van der Waals surface area contributed by atoms with E-state index in [4.69, 9.17) is 61.2 Å². The molecule has 2 fully saturated rings. The Morgan fingerprint density at radius 1 is 0.698 bits per heavy atom. The summed E-state index contributed by atoms with van der Waals surface area (Å²) >= 11 is 0. The van der Waals surface area contributed by atoms with E-state index in [2.05, 4.69) is 50.3 Å². The largest absolute Gasteiger partial charge is 0.497 e. The van der Waals surface area contributed by atoms with Gasteiger partial charge in [0.1, 0.15) is 35.4 Å². The zero-order valence-corrected chi connectivity index (χ0v) is 60.0. The van der Waals surface area contributed by atoms with Crippen molar-refractivity contribution in [1.29, 1.82) is 0 Å². The first-order chi connectivity index (χ1) is 45.6. The van der Waals surface area contributed by atoms with E-state index in [0.29, 0.717) is 37.9 Å². The van der Waals surface area contributed by atoms with Crippen LogP contribution in [0.1, 0.15) is 171 Å². The highest BCUT2D eigenvalue weighted by Gasteiger charge is 2.57. The van der Waals surface area contributed by atoms with E-state index in [9.17, 15) is 33.6 Å². The number of carbonyl (C=O) groups is 5. The topological polar surface area (TPSA) is 267 Å². The van der Waals surface area contributed by atoms with E-state index in [1.807, 2.05) is 94.4 Å². The lowest BCUT2D eigenvalue weighted by Crippen LogP contribution is -2.64. The number of H-pyrrole nitrogens is 1. The summed E-state index contributed by atoms with van der Waals surface area (Å²) in [6, 6.07) is 18.8. The summed E-state index contributed by atoms with van der Waals surface area (Å²) < 4.78 is 83.1. The lowest BCUT2D eigenvalue weighted by atomic mass is 9.71. The summed E-state index contributed by atoms with van der Waals surface area (Å²) in [5.74, 6) is -2.53. The van der Waals surface area contributed by atoms with Gasteiger partial charge in [-0.15, -0.1) is 0 Å². The monoisotopic (exact) mass is 1360 g/mol. The first-order valence-electron chi connectivity index (χ1n) is 33.5. The summed E-state index contributed by atoms with van der Waals surface area (Å²) in [5, 5.41) is 0. The lowest BCUT2D eigenvalue weighted by molar-refractivity contribution is -0.289. The van der Waals surface area contributed by atoms with Crippen molar-refractivity contribution >= 4 is 38.5 Å². The van der Waals surface area contributed by atoms with Crippen molar-refractivity contribution in [1.82, 2.24) is 19.1 Å². The molecule has 3 aromatic rings. The average molecular weight is 1370 g/mol.